The van der Waals surface area contributed by atoms with E-state index in [0.29, 0.717) is 17.6 Å². The number of rotatable bonds is 6. The van der Waals surface area contributed by atoms with Crippen molar-refractivity contribution in [2.24, 2.45) is 4.99 Å². The minimum absolute atomic E-state index is 0.00785. The quantitative estimate of drug-likeness (QED) is 0.601. The van der Waals surface area contributed by atoms with Gasteiger partial charge in [0.1, 0.15) is 5.49 Å². The van der Waals surface area contributed by atoms with Crippen molar-refractivity contribution in [2.45, 2.75) is 38.6 Å². The Kier molecular flexibility index (Phi) is 5.80. The fraction of sp³-hybridized carbons (Fsp3) is 0.240. The van der Waals surface area contributed by atoms with E-state index < -0.39 is 0 Å². The molecule has 4 nitrogen and oxygen atoms in total. The molecular formula is C25H24N2O2. The van der Waals surface area contributed by atoms with Crippen molar-refractivity contribution < 1.29 is 9.59 Å². The maximum Gasteiger partial charge on any atom is 0.248 e. The Morgan fingerprint density at radius 1 is 0.862 bits per heavy atom. The lowest BCUT2D eigenvalue weighted by molar-refractivity contribution is -0.118. The number of pyridine rings is 1. The van der Waals surface area contributed by atoms with Crippen molar-refractivity contribution in [3.05, 3.63) is 101 Å². The van der Waals surface area contributed by atoms with Gasteiger partial charge in [-0.3, -0.25) is 9.59 Å². The van der Waals surface area contributed by atoms with Gasteiger partial charge in [-0.2, -0.15) is 4.99 Å². The number of fused-ring (bicyclic) bond motifs is 1. The van der Waals surface area contributed by atoms with Crippen molar-refractivity contribution >= 4 is 11.7 Å². The van der Waals surface area contributed by atoms with Gasteiger partial charge in [0.05, 0.1) is 0 Å². The summed E-state index contributed by atoms with van der Waals surface area (Å²) in [4.78, 5) is 29.2. The molecule has 146 valence electrons. The van der Waals surface area contributed by atoms with E-state index in [1.807, 2.05) is 71.4 Å². The largest absolute Gasteiger partial charge is 0.329 e. The predicted molar refractivity (Wildman–Crippen MR) is 113 cm³/mol. The van der Waals surface area contributed by atoms with Crippen LogP contribution in [0.3, 0.4) is 0 Å². The lowest BCUT2D eigenvalue weighted by atomic mass is 10.0. The highest BCUT2D eigenvalue weighted by molar-refractivity contribution is 5.98. The predicted octanol–water partition coefficient (Wildman–Crippen LogP) is 4.12. The van der Waals surface area contributed by atoms with Crippen LogP contribution in [0.15, 0.2) is 77.9 Å². The fourth-order valence-corrected chi connectivity index (χ4v) is 3.78. The molecule has 0 fully saturated rings. The molecule has 3 aromatic rings. The first-order valence-corrected chi connectivity index (χ1v) is 10.1. The molecule has 0 bridgehead atoms. The van der Waals surface area contributed by atoms with Crippen LogP contribution in [0.4, 0.5) is 0 Å². The highest BCUT2D eigenvalue weighted by atomic mass is 16.1. The third-order valence-corrected chi connectivity index (χ3v) is 5.34. The van der Waals surface area contributed by atoms with Gasteiger partial charge >= 0.3 is 0 Å². The molecule has 2 aromatic carbocycles. The highest BCUT2D eigenvalue weighted by Gasteiger charge is 2.14. The van der Waals surface area contributed by atoms with Gasteiger partial charge in [0.25, 0.3) is 0 Å². The molecule has 1 heterocycles. The van der Waals surface area contributed by atoms with Crippen molar-refractivity contribution in [1.82, 2.24) is 4.57 Å². The van der Waals surface area contributed by atoms with E-state index in [2.05, 4.69) is 11.1 Å². The van der Waals surface area contributed by atoms with Gasteiger partial charge < -0.3 is 4.57 Å². The van der Waals surface area contributed by atoms with Crippen LogP contribution in [0.1, 0.15) is 46.3 Å². The molecule has 0 aliphatic heterocycles. The third-order valence-electron chi connectivity index (χ3n) is 5.34. The van der Waals surface area contributed by atoms with Gasteiger partial charge in [-0.1, -0.05) is 48.5 Å². The lowest BCUT2D eigenvalue weighted by Gasteiger charge is -2.07. The Bertz CT molecular complexity index is 1100. The minimum Gasteiger partial charge on any atom is -0.329 e. The number of benzene rings is 2. The molecule has 0 spiro atoms. The Hall–Kier alpha value is -3.27. The first-order chi connectivity index (χ1) is 14.2. The molecule has 0 saturated heterocycles. The molecule has 0 N–H and O–H groups in total. The van der Waals surface area contributed by atoms with Crippen LogP contribution in [0, 0.1) is 0 Å². The average Bonchev–Trinajstić information content (AvgIpc) is 3.22. The van der Waals surface area contributed by atoms with Crippen molar-refractivity contribution in [1.29, 1.82) is 0 Å². The van der Waals surface area contributed by atoms with E-state index in [-0.39, 0.29) is 24.5 Å². The van der Waals surface area contributed by atoms with Crippen LogP contribution in [0.2, 0.25) is 0 Å². The molecule has 1 aromatic heterocycles. The molecule has 0 saturated carbocycles. The first-order valence-electron chi connectivity index (χ1n) is 10.1. The number of aryl methyl sites for hydroxylation is 2. The summed E-state index contributed by atoms with van der Waals surface area (Å²) in [7, 11) is 0. The smallest absolute Gasteiger partial charge is 0.248 e. The van der Waals surface area contributed by atoms with E-state index in [4.69, 9.17) is 0 Å². The SMILES string of the molecule is O=C(CCC(=O)c1ccc2c(c1)CCC2)N=c1ccccn1Cc1ccccc1. The molecule has 29 heavy (non-hydrogen) atoms. The van der Waals surface area contributed by atoms with Crippen LogP contribution < -0.4 is 5.49 Å². The molecule has 0 atom stereocenters. The Balaban J connectivity index is 1.43. The topological polar surface area (TPSA) is 51.4 Å². The minimum atomic E-state index is -0.271. The zero-order chi connectivity index (χ0) is 20.1. The van der Waals surface area contributed by atoms with Gasteiger partial charge in [-0.05, 0) is 54.2 Å². The van der Waals surface area contributed by atoms with Gasteiger partial charge in [0, 0.05) is 31.1 Å². The molecule has 1 aliphatic carbocycles. The number of amides is 1. The molecule has 4 rings (SSSR count). The Morgan fingerprint density at radius 3 is 2.52 bits per heavy atom. The van der Waals surface area contributed by atoms with Crippen LogP contribution in [-0.4, -0.2) is 16.3 Å². The van der Waals surface area contributed by atoms with Gasteiger partial charge in [0.15, 0.2) is 5.78 Å². The summed E-state index contributed by atoms with van der Waals surface area (Å²) in [5, 5.41) is 0. The standard InChI is InChI=1S/C25H24N2O2/c28-23(22-13-12-20-9-6-10-21(20)17-22)14-15-25(29)26-24-11-4-5-16-27(24)18-19-7-2-1-3-8-19/h1-5,7-8,11-13,16-17H,6,9-10,14-15,18H2. The summed E-state index contributed by atoms with van der Waals surface area (Å²) in [5.41, 5.74) is 5.07. The number of carbonyl (C=O) groups excluding carboxylic acids is 2. The normalized spacial score (nSPS) is 13.3. The van der Waals surface area contributed by atoms with Gasteiger partial charge in [-0.15, -0.1) is 0 Å². The van der Waals surface area contributed by atoms with Gasteiger partial charge in [-0.25, -0.2) is 0 Å². The number of nitrogens with zero attached hydrogens (tertiary/aromatic N) is 2. The highest BCUT2D eigenvalue weighted by Crippen LogP contribution is 2.23. The maximum atomic E-state index is 12.5. The Labute approximate surface area is 170 Å². The number of aromatic nitrogens is 1. The van der Waals surface area contributed by atoms with Crippen molar-refractivity contribution in [3.63, 3.8) is 0 Å². The average molecular weight is 384 g/mol. The second-order valence-electron chi connectivity index (χ2n) is 7.44. The van der Waals surface area contributed by atoms with Crippen LogP contribution in [0.5, 0.6) is 0 Å². The molecule has 1 amide bonds. The van der Waals surface area contributed by atoms with Gasteiger partial charge in [0.2, 0.25) is 5.91 Å². The van der Waals surface area contributed by atoms with Crippen molar-refractivity contribution in [2.75, 3.05) is 0 Å². The van der Waals surface area contributed by atoms with E-state index in [1.54, 1.807) is 0 Å². The van der Waals surface area contributed by atoms with Crippen molar-refractivity contribution in [3.8, 4) is 0 Å². The zero-order valence-electron chi connectivity index (χ0n) is 16.4. The van der Waals surface area contributed by atoms with E-state index in [0.717, 1.165) is 24.8 Å². The first kappa shape index (κ1) is 19.1. The number of ketones is 1. The molecule has 0 radical (unpaired) electrons. The maximum absolute atomic E-state index is 12.5. The summed E-state index contributed by atoms with van der Waals surface area (Å²) >= 11 is 0. The second-order valence-corrected chi connectivity index (χ2v) is 7.44. The Morgan fingerprint density at radius 2 is 1.66 bits per heavy atom. The fourth-order valence-electron chi connectivity index (χ4n) is 3.78. The molecule has 4 heteroatoms. The number of hydrogen-bond donors (Lipinski definition) is 0. The van der Waals surface area contributed by atoms with E-state index in [9.17, 15) is 9.59 Å². The summed E-state index contributed by atoms with van der Waals surface area (Å²) in [6.45, 7) is 0.641. The summed E-state index contributed by atoms with van der Waals surface area (Å²) in [6, 6.07) is 21.6. The monoisotopic (exact) mass is 384 g/mol. The van der Waals surface area contributed by atoms with Crippen LogP contribution in [0.25, 0.3) is 0 Å². The molecule has 1 aliphatic rings. The summed E-state index contributed by atoms with van der Waals surface area (Å²) < 4.78 is 1.94. The number of carbonyl (C=O) groups is 2. The molecule has 0 unspecified atom stereocenters. The zero-order valence-corrected chi connectivity index (χ0v) is 16.4. The molecular weight excluding hydrogens is 360 g/mol. The van der Waals surface area contributed by atoms with E-state index >= 15 is 0 Å². The number of Topliss-reactive ketones (excluding diaryl/α,β-unsaturated/α-hetero) is 1. The van der Waals surface area contributed by atoms with E-state index in [1.165, 1.54) is 11.1 Å². The van der Waals surface area contributed by atoms with Crippen LogP contribution in [-0.2, 0) is 24.2 Å². The lowest BCUT2D eigenvalue weighted by Crippen LogP contribution is -2.22. The summed E-state index contributed by atoms with van der Waals surface area (Å²) in [5.74, 6) is -0.263. The summed E-state index contributed by atoms with van der Waals surface area (Å²) in [6.07, 6.45) is 5.52. The number of hydrogen-bond acceptors (Lipinski definition) is 2. The third kappa shape index (κ3) is 4.77. The van der Waals surface area contributed by atoms with Crippen LogP contribution >= 0.6 is 0 Å². The second kappa shape index (κ2) is 8.82.